The van der Waals surface area contributed by atoms with Crippen LogP contribution < -0.4 is 9.89 Å². The number of benzene rings is 2. The fourth-order valence-corrected chi connectivity index (χ4v) is 10.3. The van der Waals surface area contributed by atoms with Gasteiger partial charge in [-0.2, -0.15) is 0 Å². The van der Waals surface area contributed by atoms with Crippen LogP contribution in [-0.2, 0) is 0 Å². The number of hydrogen-bond donors (Lipinski definition) is 7. The third-order valence-electron chi connectivity index (χ3n) is 8.09. The maximum absolute atomic E-state index is 13.0. The Labute approximate surface area is 314 Å². The third-order valence-corrected chi connectivity index (χ3v) is 14.7. The van der Waals surface area contributed by atoms with E-state index < -0.39 is 36.7 Å². The molecule has 2 aromatic rings. The van der Waals surface area contributed by atoms with Gasteiger partial charge in [-0.3, -0.25) is 0 Å². The summed E-state index contributed by atoms with van der Waals surface area (Å²) in [6.07, 6.45) is 14.6. The van der Waals surface area contributed by atoms with Crippen LogP contribution in [0.5, 0.6) is 23.0 Å². The van der Waals surface area contributed by atoms with E-state index in [-0.39, 0.29) is 38.8 Å². The van der Waals surface area contributed by atoms with Crippen molar-refractivity contribution >= 4 is 41.9 Å². The average molecular weight is 792 g/mol. The molecule has 0 aliphatic heterocycles. The minimum atomic E-state index is -2.21. The van der Waals surface area contributed by atoms with Crippen LogP contribution in [0, 0.1) is 0 Å². The lowest BCUT2D eigenvalue weighted by Gasteiger charge is -2.25. The summed E-state index contributed by atoms with van der Waals surface area (Å²) in [7, 11) is -5.88. The smallest absolute Gasteiger partial charge is 0.335 e. The Kier molecular flexibility index (Phi) is 28.4. The molecule has 2 aromatic carbocycles. The topological polar surface area (TPSA) is 176 Å². The SMILES string of the molecule is CCCCCC[Si](C)(C)F.CCCCCC[Si](C)(C)O.CCCCCC[Si](C)(C)c1c(O)cc(C(=O)O)cc1O.O=C(O)c1cc(O)cc(O)c1.[F-]. The minimum absolute atomic E-state index is 0. The summed E-state index contributed by atoms with van der Waals surface area (Å²) < 4.78 is 13.0. The molecule has 0 saturated heterocycles. The van der Waals surface area contributed by atoms with E-state index in [1.165, 1.54) is 69.9 Å². The lowest BCUT2D eigenvalue weighted by Crippen LogP contribution is -3.00. The second kappa shape index (κ2) is 27.6. The molecule has 302 valence electrons. The molecular formula is C38H69F2O9Si3-. The molecule has 0 unspecified atom stereocenters. The first kappa shape index (κ1) is 53.4. The lowest BCUT2D eigenvalue weighted by atomic mass is 10.2. The van der Waals surface area contributed by atoms with Crippen molar-refractivity contribution in [2.45, 2.75) is 155 Å². The first-order valence-electron chi connectivity index (χ1n) is 18.5. The normalized spacial score (nSPS) is 11.1. The standard InChI is InChI=1S/C15H24O4Si.C8H19FSi.C8H20OSi.C7H6O4.FH/c1-4-5-6-7-8-20(2,3)14-12(16)9-11(15(18)19)10-13(14)17;2*1-4-5-6-7-8-10(2,3)9;8-5-1-4(7(10)11)2-6(9)3-5;/h9-10,16-17H,4-8H2,1-3H3,(H,18,19);4-8H2,1-3H3;9H,4-8H2,1-3H3;1-3,8-9H,(H,10,11);1H/p-1. The van der Waals surface area contributed by atoms with Crippen molar-refractivity contribution in [2.24, 2.45) is 0 Å². The summed E-state index contributed by atoms with van der Waals surface area (Å²) in [6, 6.07) is 8.55. The lowest BCUT2D eigenvalue weighted by molar-refractivity contribution is -0.0000470. The van der Waals surface area contributed by atoms with Gasteiger partial charge in [0.1, 0.15) is 23.0 Å². The Bertz CT molecular complexity index is 1220. The molecule has 7 N–H and O–H groups in total. The summed E-state index contributed by atoms with van der Waals surface area (Å²) in [4.78, 5) is 30.6. The highest BCUT2D eigenvalue weighted by atomic mass is 28.4. The number of rotatable bonds is 18. The zero-order valence-electron chi connectivity index (χ0n) is 33.2. The molecule has 0 aromatic heterocycles. The van der Waals surface area contributed by atoms with E-state index in [2.05, 4.69) is 33.9 Å². The van der Waals surface area contributed by atoms with Gasteiger partial charge in [-0.25, -0.2) is 9.59 Å². The maximum Gasteiger partial charge on any atom is 0.335 e. The maximum atomic E-state index is 13.0. The molecule has 0 spiro atoms. The predicted molar refractivity (Wildman–Crippen MR) is 216 cm³/mol. The number of carboxylic acid groups (broad SMARTS) is 2. The second-order valence-corrected chi connectivity index (χ2v) is 27.9. The number of hydrogen-bond acceptors (Lipinski definition) is 7. The first-order chi connectivity index (χ1) is 23.5. The molecule has 0 fully saturated rings. The molecule has 0 amide bonds. The summed E-state index contributed by atoms with van der Waals surface area (Å²) in [5, 5.41) is 55.7. The number of unbranched alkanes of at least 4 members (excludes halogenated alkanes) is 9. The number of phenolic OH excluding ortho intramolecular Hbond substituents is 4. The number of aromatic hydroxyl groups is 4. The van der Waals surface area contributed by atoms with Gasteiger partial charge in [-0.15, -0.1) is 0 Å². The van der Waals surface area contributed by atoms with Crippen LogP contribution in [0.2, 0.25) is 57.4 Å². The Morgan fingerprint density at radius 1 is 0.558 bits per heavy atom. The van der Waals surface area contributed by atoms with Gasteiger partial charge in [0.05, 0.1) is 19.2 Å². The van der Waals surface area contributed by atoms with Crippen molar-refractivity contribution in [3.63, 3.8) is 0 Å². The van der Waals surface area contributed by atoms with Crippen molar-refractivity contribution in [2.75, 3.05) is 0 Å². The number of halogens is 2. The van der Waals surface area contributed by atoms with Gasteiger partial charge in [-0.1, -0.05) is 117 Å². The molecule has 0 bridgehead atoms. The summed E-state index contributed by atoms with van der Waals surface area (Å²) in [5.74, 6) is -3.03. The van der Waals surface area contributed by atoms with Crippen molar-refractivity contribution in [3.05, 3.63) is 41.5 Å². The van der Waals surface area contributed by atoms with E-state index >= 15 is 0 Å². The molecule has 0 aliphatic rings. The third kappa shape index (κ3) is 27.7. The first-order valence-corrected chi connectivity index (χ1v) is 27.9. The van der Waals surface area contributed by atoms with Gasteiger partial charge >= 0.3 is 11.9 Å². The fraction of sp³-hybridized carbons (Fsp3) is 0.632. The van der Waals surface area contributed by atoms with Crippen LogP contribution in [-0.4, -0.2) is 72.2 Å². The van der Waals surface area contributed by atoms with Gasteiger partial charge in [0, 0.05) is 11.3 Å². The van der Waals surface area contributed by atoms with E-state index in [4.69, 9.17) is 20.4 Å². The molecule has 0 aliphatic carbocycles. The van der Waals surface area contributed by atoms with E-state index in [1.54, 1.807) is 13.1 Å². The Balaban J connectivity index is -0.000000648. The summed E-state index contributed by atoms with van der Waals surface area (Å²) >= 11 is 0. The molecule has 52 heavy (non-hydrogen) atoms. The molecule has 2 rings (SSSR count). The van der Waals surface area contributed by atoms with E-state index in [0.29, 0.717) is 5.19 Å². The molecule has 0 radical (unpaired) electrons. The average Bonchev–Trinajstić information content (AvgIpc) is 2.99. The largest absolute Gasteiger partial charge is 1.00 e. The minimum Gasteiger partial charge on any atom is -1.00 e. The van der Waals surface area contributed by atoms with E-state index in [9.17, 15) is 28.7 Å². The Hall–Kier alpha value is -2.95. The highest BCUT2D eigenvalue weighted by Gasteiger charge is 2.30. The number of carbonyl (C=O) groups is 2. The van der Waals surface area contributed by atoms with Gasteiger partial charge in [-0.05, 0) is 62.5 Å². The van der Waals surface area contributed by atoms with Crippen LogP contribution in [0.4, 0.5) is 4.11 Å². The van der Waals surface area contributed by atoms with Crippen molar-refractivity contribution < 1.29 is 53.8 Å². The van der Waals surface area contributed by atoms with Crippen LogP contribution >= 0.6 is 0 Å². The van der Waals surface area contributed by atoms with Crippen molar-refractivity contribution in [3.8, 4) is 23.0 Å². The van der Waals surface area contributed by atoms with Crippen LogP contribution in [0.15, 0.2) is 30.3 Å². The molecular weight excluding hydrogens is 723 g/mol. The fourth-order valence-electron chi connectivity index (χ4n) is 5.22. The number of phenols is 4. The van der Waals surface area contributed by atoms with Crippen LogP contribution in [0.1, 0.15) is 119 Å². The molecule has 0 heterocycles. The van der Waals surface area contributed by atoms with Gasteiger partial charge in [0.15, 0.2) is 8.32 Å². The Morgan fingerprint density at radius 3 is 1.23 bits per heavy atom. The quantitative estimate of drug-likeness (QED) is 0.0456. The zero-order valence-corrected chi connectivity index (χ0v) is 36.2. The van der Waals surface area contributed by atoms with Crippen LogP contribution in [0.3, 0.4) is 0 Å². The van der Waals surface area contributed by atoms with Crippen LogP contribution in [0.25, 0.3) is 0 Å². The van der Waals surface area contributed by atoms with E-state index in [0.717, 1.165) is 55.6 Å². The Morgan fingerprint density at radius 2 is 0.904 bits per heavy atom. The predicted octanol–water partition coefficient (Wildman–Crippen LogP) is 7.60. The van der Waals surface area contributed by atoms with Crippen molar-refractivity contribution in [1.29, 1.82) is 0 Å². The van der Waals surface area contributed by atoms with Gasteiger partial charge < -0.3 is 44.2 Å². The molecule has 0 saturated carbocycles. The second-order valence-electron chi connectivity index (χ2n) is 15.1. The molecule has 9 nitrogen and oxygen atoms in total. The highest BCUT2D eigenvalue weighted by molar-refractivity contribution is 6.91. The number of aromatic carboxylic acids is 2. The zero-order chi connectivity index (χ0) is 39.8. The van der Waals surface area contributed by atoms with Gasteiger partial charge in [0.2, 0.25) is 8.41 Å². The van der Waals surface area contributed by atoms with Crippen molar-refractivity contribution in [1.82, 2.24) is 0 Å². The molecule has 0 atom stereocenters. The highest BCUT2D eigenvalue weighted by Crippen LogP contribution is 2.27. The van der Waals surface area contributed by atoms with E-state index in [1.807, 2.05) is 13.1 Å². The summed E-state index contributed by atoms with van der Waals surface area (Å²) in [6.45, 7) is 18.3. The molecule has 14 heteroatoms. The number of carboxylic acids is 2. The monoisotopic (exact) mass is 791 g/mol. The summed E-state index contributed by atoms with van der Waals surface area (Å²) in [5.41, 5.74) is -0.220. The van der Waals surface area contributed by atoms with Gasteiger partial charge in [0.25, 0.3) is 0 Å².